The lowest BCUT2D eigenvalue weighted by Crippen LogP contribution is -2.12. The minimum Gasteiger partial charge on any atom is -0.385 e. The van der Waals surface area contributed by atoms with Gasteiger partial charge in [-0.15, -0.1) is 0 Å². The Kier molecular flexibility index (Phi) is 2.03. The van der Waals surface area contributed by atoms with Crippen LogP contribution in [0, 0.1) is 0 Å². The van der Waals surface area contributed by atoms with Crippen molar-refractivity contribution >= 4 is 0 Å². The SMILES string of the molecule is Cn1ccc(C(O)CN)n1. The van der Waals surface area contributed by atoms with E-state index in [2.05, 4.69) is 5.10 Å². The van der Waals surface area contributed by atoms with Crippen molar-refractivity contribution in [2.75, 3.05) is 6.54 Å². The molecule has 0 aromatic carbocycles. The minimum atomic E-state index is -0.624. The fraction of sp³-hybridized carbons (Fsp3) is 0.500. The van der Waals surface area contributed by atoms with Gasteiger partial charge in [0.05, 0.1) is 5.69 Å². The van der Waals surface area contributed by atoms with Crippen LogP contribution in [-0.4, -0.2) is 21.4 Å². The summed E-state index contributed by atoms with van der Waals surface area (Å²) < 4.78 is 1.63. The lowest BCUT2D eigenvalue weighted by molar-refractivity contribution is 0.181. The van der Waals surface area contributed by atoms with E-state index >= 15 is 0 Å². The van der Waals surface area contributed by atoms with Crippen molar-refractivity contribution < 1.29 is 5.11 Å². The summed E-state index contributed by atoms with van der Waals surface area (Å²) in [6.45, 7) is 0.219. The Bertz CT molecular complexity index is 209. The van der Waals surface area contributed by atoms with Gasteiger partial charge in [0.15, 0.2) is 0 Å². The lowest BCUT2D eigenvalue weighted by Gasteiger charge is -2.00. The molecule has 1 unspecified atom stereocenters. The molecule has 0 amide bonds. The average Bonchev–Trinajstić information content (AvgIpc) is 2.34. The van der Waals surface area contributed by atoms with E-state index in [4.69, 9.17) is 10.8 Å². The molecule has 1 heterocycles. The Hall–Kier alpha value is -0.870. The highest BCUT2D eigenvalue weighted by Gasteiger charge is 2.06. The van der Waals surface area contributed by atoms with Gasteiger partial charge in [0.1, 0.15) is 6.10 Å². The van der Waals surface area contributed by atoms with Crippen molar-refractivity contribution in [3.8, 4) is 0 Å². The first-order valence-electron chi connectivity index (χ1n) is 3.11. The summed E-state index contributed by atoms with van der Waals surface area (Å²) in [6.07, 6.45) is 1.15. The zero-order valence-corrected chi connectivity index (χ0v) is 5.86. The largest absolute Gasteiger partial charge is 0.385 e. The molecule has 4 heteroatoms. The van der Waals surface area contributed by atoms with Gasteiger partial charge in [0.2, 0.25) is 0 Å². The first-order valence-corrected chi connectivity index (χ1v) is 3.11. The van der Waals surface area contributed by atoms with Gasteiger partial charge in [-0.1, -0.05) is 0 Å². The van der Waals surface area contributed by atoms with Gasteiger partial charge in [-0.05, 0) is 6.07 Å². The number of nitrogens with two attached hydrogens (primary N) is 1. The van der Waals surface area contributed by atoms with E-state index in [1.807, 2.05) is 0 Å². The van der Waals surface area contributed by atoms with Crippen LogP contribution in [0.25, 0.3) is 0 Å². The highest BCUT2D eigenvalue weighted by atomic mass is 16.3. The molecule has 1 atom stereocenters. The Morgan fingerprint density at radius 3 is 3.00 bits per heavy atom. The zero-order valence-electron chi connectivity index (χ0n) is 5.86. The summed E-state index contributed by atoms with van der Waals surface area (Å²) in [6, 6.07) is 1.75. The number of rotatable bonds is 2. The van der Waals surface area contributed by atoms with Gasteiger partial charge in [0.25, 0.3) is 0 Å². The topological polar surface area (TPSA) is 64.1 Å². The molecule has 3 N–H and O–H groups in total. The van der Waals surface area contributed by atoms with Crippen molar-refractivity contribution in [3.05, 3.63) is 18.0 Å². The fourth-order valence-corrected chi connectivity index (χ4v) is 0.732. The van der Waals surface area contributed by atoms with Gasteiger partial charge in [-0.2, -0.15) is 5.10 Å². The monoisotopic (exact) mass is 141 g/mol. The van der Waals surface area contributed by atoms with Crippen molar-refractivity contribution in [2.45, 2.75) is 6.10 Å². The predicted molar refractivity (Wildman–Crippen MR) is 37.2 cm³/mol. The smallest absolute Gasteiger partial charge is 0.110 e. The van der Waals surface area contributed by atoms with E-state index in [9.17, 15) is 0 Å². The summed E-state index contributed by atoms with van der Waals surface area (Å²) in [5, 5.41) is 13.1. The quantitative estimate of drug-likeness (QED) is 0.578. The van der Waals surface area contributed by atoms with Gasteiger partial charge in [-0.25, -0.2) is 0 Å². The van der Waals surface area contributed by atoms with Crippen LogP contribution in [-0.2, 0) is 7.05 Å². The van der Waals surface area contributed by atoms with Crippen LogP contribution in [0.5, 0.6) is 0 Å². The maximum Gasteiger partial charge on any atom is 0.110 e. The van der Waals surface area contributed by atoms with Gasteiger partial charge in [0, 0.05) is 19.8 Å². The molecule has 4 nitrogen and oxygen atoms in total. The molecule has 0 aliphatic carbocycles. The molecule has 0 fully saturated rings. The van der Waals surface area contributed by atoms with Crippen molar-refractivity contribution in [2.24, 2.45) is 12.8 Å². The van der Waals surface area contributed by atoms with Crippen LogP contribution >= 0.6 is 0 Å². The summed E-state index contributed by atoms with van der Waals surface area (Å²) in [7, 11) is 1.80. The molecular formula is C6H11N3O. The number of aromatic nitrogens is 2. The average molecular weight is 141 g/mol. The van der Waals surface area contributed by atoms with Crippen LogP contribution in [0.3, 0.4) is 0 Å². The second kappa shape index (κ2) is 2.81. The minimum absolute atomic E-state index is 0.219. The molecule has 1 aromatic rings. The Morgan fingerprint density at radius 2 is 2.60 bits per heavy atom. The van der Waals surface area contributed by atoms with E-state index < -0.39 is 6.10 Å². The number of aliphatic hydroxyl groups is 1. The molecule has 1 aromatic heterocycles. The molecule has 56 valence electrons. The number of aryl methyl sites for hydroxylation is 1. The van der Waals surface area contributed by atoms with Crippen LogP contribution in [0.4, 0.5) is 0 Å². The molecule has 10 heavy (non-hydrogen) atoms. The third kappa shape index (κ3) is 1.34. The number of hydrogen-bond donors (Lipinski definition) is 2. The Morgan fingerprint density at radius 1 is 1.90 bits per heavy atom. The molecule has 0 aliphatic heterocycles. The molecule has 0 radical (unpaired) electrons. The second-order valence-electron chi connectivity index (χ2n) is 2.17. The molecule has 0 saturated carbocycles. The van der Waals surface area contributed by atoms with Crippen LogP contribution in [0.15, 0.2) is 12.3 Å². The number of nitrogens with zero attached hydrogens (tertiary/aromatic N) is 2. The third-order valence-corrected chi connectivity index (χ3v) is 1.30. The standard InChI is InChI=1S/C6H11N3O/c1-9-3-2-5(8-9)6(10)4-7/h2-3,6,10H,4,7H2,1H3. The van der Waals surface area contributed by atoms with Gasteiger partial charge >= 0.3 is 0 Å². The Balaban J connectivity index is 2.74. The second-order valence-corrected chi connectivity index (χ2v) is 2.17. The van der Waals surface area contributed by atoms with E-state index in [1.54, 1.807) is 24.0 Å². The molecular weight excluding hydrogens is 130 g/mol. The molecule has 0 saturated heterocycles. The maximum atomic E-state index is 9.14. The zero-order chi connectivity index (χ0) is 7.56. The van der Waals surface area contributed by atoms with Gasteiger partial charge in [-0.3, -0.25) is 4.68 Å². The van der Waals surface area contributed by atoms with Crippen LogP contribution in [0.1, 0.15) is 11.8 Å². The van der Waals surface area contributed by atoms with Gasteiger partial charge < -0.3 is 10.8 Å². The van der Waals surface area contributed by atoms with E-state index in [0.717, 1.165) is 0 Å². The summed E-state index contributed by atoms with van der Waals surface area (Å²) >= 11 is 0. The first kappa shape index (κ1) is 7.24. The predicted octanol–water partition coefficient (Wildman–Crippen LogP) is -0.588. The van der Waals surface area contributed by atoms with Crippen LogP contribution < -0.4 is 5.73 Å². The molecule has 0 bridgehead atoms. The van der Waals surface area contributed by atoms with E-state index in [0.29, 0.717) is 5.69 Å². The molecule has 0 spiro atoms. The number of hydrogen-bond acceptors (Lipinski definition) is 3. The molecule has 0 aliphatic rings. The van der Waals surface area contributed by atoms with E-state index in [1.165, 1.54) is 0 Å². The van der Waals surface area contributed by atoms with Crippen molar-refractivity contribution in [1.29, 1.82) is 0 Å². The highest BCUT2D eigenvalue weighted by Crippen LogP contribution is 2.05. The van der Waals surface area contributed by atoms with Crippen molar-refractivity contribution in [1.82, 2.24) is 9.78 Å². The lowest BCUT2D eigenvalue weighted by atomic mass is 10.3. The summed E-state index contributed by atoms with van der Waals surface area (Å²) in [5.74, 6) is 0. The highest BCUT2D eigenvalue weighted by molar-refractivity contribution is 5.02. The fourth-order valence-electron chi connectivity index (χ4n) is 0.732. The Labute approximate surface area is 59.3 Å². The van der Waals surface area contributed by atoms with Crippen LogP contribution in [0.2, 0.25) is 0 Å². The number of aliphatic hydroxyl groups excluding tert-OH is 1. The maximum absolute atomic E-state index is 9.14. The normalized spacial score (nSPS) is 13.5. The summed E-state index contributed by atoms with van der Waals surface area (Å²) in [5.41, 5.74) is 5.84. The van der Waals surface area contributed by atoms with E-state index in [-0.39, 0.29) is 6.54 Å². The summed E-state index contributed by atoms with van der Waals surface area (Å²) in [4.78, 5) is 0. The first-order chi connectivity index (χ1) is 4.74. The molecule has 1 rings (SSSR count). The van der Waals surface area contributed by atoms with Crippen molar-refractivity contribution in [3.63, 3.8) is 0 Å². The third-order valence-electron chi connectivity index (χ3n) is 1.30.